The van der Waals surface area contributed by atoms with Crippen LogP contribution in [0.3, 0.4) is 0 Å². The second-order valence-electron chi connectivity index (χ2n) is 9.01. The zero-order valence-corrected chi connectivity index (χ0v) is 18.7. The first-order valence-corrected chi connectivity index (χ1v) is 11.4. The monoisotopic (exact) mass is 463 g/mol. The molecule has 3 heterocycles. The molecule has 0 radical (unpaired) electrons. The quantitative estimate of drug-likeness (QED) is 0.649. The van der Waals surface area contributed by atoms with E-state index in [4.69, 9.17) is 15.6 Å². The highest BCUT2D eigenvalue weighted by atomic mass is 19.4. The second-order valence-corrected chi connectivity index (χ2v) is 9.01. The van der Waals surface area contributed by atoms with Gasteiger partial charge in [-0.2, -0.15) is 5.10 Å². The van der Waals surface area contributed by atoms with Crippen LogP contribution in [0.5, 0.6) is 5.75 Å². The molecule has 2 aromatic heterocycles. The van der Waals surface area contributed by atoms with Crippen molar-refractivity contribution in [2.45, 2.75) is 51.1 Å². The Labute approximate surface area is 190 Å². The highest BCUT2D eigenvalue weighted by molar-refractivity contribution is 5.65. The number of hydrogen-bond donors (Lipinski definition) is 1. The van der Waals surface area contributed by atoms with Gasteiger partial charge in [-0.3, -0.25) is 9.58 Å². The lowest BCUT2D eigenvalue weighted by atomic mass is 10.0. The van der Waals surface area contributed by atoms with E-state index in [1.807, 2.05) is 10.7 Å². The van der Waals surface area contributed by atoms with Crippen LogP contribution >= 0.6 is 0 Å². The molecule has 1 saturated carbocycles. The first kappa shape index (κ1) is 22.2. The summed E-state index contributed by atoms with van der Waals surface area (Å²) >= 11 is 0. The molecule has 0 amide bonds. The molecule has 10 heteroatoms. The number of fused-ring (bicyclic) bond motifs is 1. The molecule has 2 aliphatic carbocycles. The van der Waals surface area contributed by atoms with Crippen LogP contribution in [0.1, 0.15) is 44.3 Å². The molecule has 3 aliphatic rings. The minimum atomic E-state index is -4.84. The van der Waals surface area contributed by atoms with Crippen molar-refractivity contribution in [2.75, 3.05) is 32.0 Å². The van der Waals surface area contributed by atoms with Gasteiger partial charge in [0.1, 0.15) is 0 Å². The number of rotatable bonds is 6. The van der Waals surface area contributed by atoms with Gasteiger partial charge in [-0.15, -0.1) is 13.2 Å². The number of allylic oxidation sites excluding steroid dienone is 1. The maximum absolute atomic E-state index is 12.7. The van der Waals surface area contributed by atoms with Gasteiger partial charge in [0.15, 0.2) is 11.6 Å². The number of nitrogen functional groups attached to an aromatic ring is 1. The number of anilines is 1. The SMILES string of the molecule is CCC(C)n1nc(-c2cnc(N)c(OC(F)(F)F)c2)cc1C1C2=CC(N3CCOCC3)CC21. The predicted molar refractivity (Wildman–Crippen MR) is 117 cm³/mol. The zero-order valence-electron chi connectivity index (χ0n) is 18.7. The molecule has 33 heavy (non-hydrogen) atoms. The maximum atomic E-state index is 12.7. The average Bonchev–Trinajstić information content (AvgIpc) is 3.14. The molecule has 2 aromatic rings. The largest absolute Gasteiger partial charge is 0.573 e. The third-order valence-electron chi connectivity index (χ3n) is 6.97. The highest BCUT2D eigenvalue weighted by Crippen LogP contribution is 2.60. The minimum Gasteiger partial charge on any atom is -0.402 e. The lowest BCUT2D eigenvalue weighted by Gasteiger charge is -2.32. The van der Waals surface area contributed by atoms with Crippen molar-refractivity contribution >= 4 is 5.82 Å². The predicted octanol–water partition coefficient (Wildman–Crippen LogP) is 4.14. The fourth-order valence-corrected chi connectivity index (χ4v) is 5.04. The number of hydrogen-bond acceptors (Lipinski definition) is 6. The summed E-state index contributed by atoms with van der Waals surface area (Å²) < 4.78 is 49.8. The molecular weight excluding hydrogens is 435 g/mol. The van der Waals surface area contributed by atoms with Gasteiger partial charge in [0.25, 0.3) is 0 Å². The average molecular weight is 464 g/mol. The molecule has 0 bridgehead atoms. The highest BCUT2D eigenvalue weighted by Gasteiger charge is 2.52. The fraction of sp³-hybridized carbons (Fsp3) is 0.565. The van der Waals surface area contributed by atoms with Crippen molar-refractivity contribution in [3.8, 4) is 17.0 Å². The Hall–Kier alpha value is -2.59. The van der Waals surface area contributed by atoms with E-state index in [0.717, 1.165) is 44.8 Å². The van der Waals surface area contributed by atoms with Gasteiger partial charge in [0, 0.05) is 48.5 Å². The van der Waals surface area contributed by atoms with Crippen molar-refractivity contribution < 1.29 is 22.6 Å². The van der Waals surface area contributed by atoms with Gasteiger partial charge in [0.2, 0.25) is 0 Å². The maximum Gasteiger partial charge on any atom is 0.573 e. The van der Waals surface area contributed by atoms with Gasteiger partial charge >= 0.3 is 6.36 Å². The summed E-state index contributed by atoms with van der Waals surface area (Å²) in [6.45, 7) is 7.70. The van der Waals surface area contributed by atoms with Gasteiger partial charge in [-0.1, -0.05) is 18.6 Å². The van der Waals surface area contributed by atoms with Crippen molar-refractivity contribution in [1.29, 1.82) is 0 Å². The van der Waals surface area contributed by atoms with Crippen LogP contribution in [0, 0.1) is 5.92 Å². The molecule has 5 rings (SSSR count). The number of halogens is 3. The summed E-state index contributed by atoms with van der Waals surface area (Å²) in [5.74, 6) is -0.0169. The van der Waals surface area contributed by atoms with E-state index >= 15 is 0 Å². The minimum absolute atomic E-state index is 0.165. The van der Waals surface area contributed by atoms with E-state index in [1.54, 1.807) is 0 Å². The lowest BCUT2D eigenvalue weighted by Crippen LogP contribution is -2.42. The van der Waals surface area contributed by atoms with Gasteiger partial charge < -0.3 is 15.2 Å². The Morgan fingerprint density at radius 2 is 2.03 bits per heavy atom. The molecule has 2 fully saturated rings. The van der Waals surface area contributed by atoms with Crippen LogP contribution in [-0.4, -0.2) is 58.4 Å². The number of alkyl halides is 3. The van der Waals surface area contributed by atoms with Crippen molar-refractivity contribution in [3.05, 3.63) is 35.7 Å². The molecule has 1 saturated heterocycles. The van der Waals surface area contributed by atoms with Crippen molar-refractivity contribution in [1.82, 2.24) is 19.7 Å². The number of nitrogens with two attached hydrogens (primary N) is 1. The van der Waals surface area contributed by atoms with Gasteiger partial charge in [0.05, 0.1) is 18.9 Å². The Balaban J connectivity index is 1.43. The first-order valence-electron chi connectivity index (χ1n) is 11.4. The van der Waals surface area contributed by atoms with Crippen molar-refractivity contribution in [3.63, 3.8) is 0 Å². The summed E-state index contributed by atoms with van der Waals surface area (Å²) in [5.41, 5.74) is 9.15. The second kappa shape index (κ2) is 8.32. The molecule has 7 nitrogen and oxygen atoms in total. The molecule has 1 aliphatic heterocycles. The summed E-state index contributed by atoms with van der Waals surface area (Å²) in [5, 5.41) is 4.76. The van der Waals surface area contributed by atoms with Crippen LogP contribution in [-0.2, 0) is 4.74 Å². The standard InChI is InChI=1S/C23H28F3N5O2/c1-3-13(2)31-19(21-16-9-15(10-17(16)21)30-4-6-32-7-5-30)11-18(29-31)14-8-20(22(27)28-12-14)33-23(24,25)26/h8-9,11-13,15,17,21H,3-7,10H2,1-2H3,(H2,27,28). The number of aromatic nitrogens is 3. The Bertz CT molecular complexity index is 1060. The molecule has 0 spiro atoms. The van der Waals surface area contributed by atoms with E-state index in [0.29, 0.717) is 29.1 Å². The van der Waals surface area contributed by atoms with E-state index in [1.165, 1.54) is 17.8 Å². The molecule has 2 N–H and O–H groups in total. The molecular formula is C23H28F3N5O2. The van der Waals surface area contributed by atoms with Crippen LogP contribution in [0.15, 0.2) is 30.0 Å². The number of pyridine rings is 1. The van der Waals surface area contributed by atoms with Crippen LogP contribution < -0.4 is 10.5 Å². The number of ether oxygens (including phenoxy) is 2. The van der Waals surface area contributed by atoms with E-state index in [9.17, 15) is 13.2 Å². The van der Waals surface area contributed by atoms with Crippen molar-refractivity contribution in [2.24, 2.45) is 5.92 Å². The van der Waals surface area contributed by atoms with E-state index < -0.39 is 12.1 Å². The summed E-state index contributed by atoms with van der Waals surface area (Å²) in [6, 6.07) is 3.86. The normalized spacial score (nSPS) is 26.1. The summed E-state index contributed by atoms with van der Waals surface area (Å²) in [6.07, 6.45) is 0.976. The topological polar surface area (TPSA) is 78.4 Å². The molecule has 4 atom stereocenters. The molecule has 178 valence electrons. The van der Waals surface area contributed by atoms with Crippen LogP contribution in [0.4, 0.5) is 19.0 Å². The summed E-state index contributed by atoms with van der Waals surface area (Å²) in [7, 11) is 0. The zero-order chi connectivity index (χ0) is 23.3. The Morgan fingerprint density at radius 1 is 1.27 bits per heavy atom. The smallest absolute Gasteiger partial charge is 0.402 e. The molecule has 0 aromatic carbocycles. The number of morpholine rings is 1. The van der Waals surface area contributed by atoms with Crippen LogP contribution in [0.25, 0.3) is 11.3 Å². The molecule has 4 unspecified atom stereocenters. The summed E-state index contributed by atoms with van der Waals surface area (Å²) in [4.78, 5) is 6.38. The third-order valence-corrected chi connectivity index (χ3v) is 6.97. The Kier molecular flexibility index (Phi) is 5.60. The fourth-order valence-electron chi connectivity index (χ4n) is 5.04. The number of nitrogens with zero attached hydrogens (tertiary/aromatic N) is 4. The Morgan fingerprint density at radius 3 is 2.67 bits per heavy atom. The first-order chi connectivity index (χ1) is 15.7. The van der Waals surface area contributed by atoms with E-state index in [-0.39, 0.29) is 11.9 Å². The van der Waals surface area contributed by atoms with Crippen LogP contribution in [0.2, 0.25) is 0 Å². The van der Waals surface area contributed by atoms with E-state index in [2.05, 4.69) is 34.5 Å². The van der Waals surface area contributed by atoms with Gasteiger partial charge in [-0.25, -0.2) is 4.98 Å². The lowest BCUT2D eigenvalue weighted by molar-refractivity contribution is -0.274. The van der Waals surface area contributed by atoms with Gasteiger partial charge in [-0.05, 0) is 37.8 Å². The third kappa shape index (κ3) is 4.33.